The summed E-state index contributed by atoms with van der Waals surface area (Å²) < 4.78 is 5.29. The minimum absolute atomic E-state index is 0.270. The van der Waals surface area contributed by atoms with Gasteiger partial charge in [0.15, 0.2) is 0 Å². The number of aliphatic hydroxyl groups excluding tert-OH is 1. The highest BCUT2D eigenvalue weighted by atomic mass is 16.5. The number of rotatable bonds is 3. The van der Waals surface area contributed by atoms with Gasteiger partial charge in [-0.1, -0.05) is 11.2 Å². The number of pyridine rings is 2. The molecule has 116 valence electrons. The smallest absolute Gasteiger partial charge is 0.259 e. The number of aliphatic hydroxyl groups is 1. The molecule has 23 heavy (non-hydrogen) atoms. The van der Waals surface area contributed by atoms with E-state index in [4.69, 9.17) is 4.52 Å². The third kappa shape index (κ3) is 2.78. The van der Waals surface area contributed by atoms with Gasteiger partial charge in [0.25, 0.3) is 5.89 Å². The predicted octanol–water partition coefficient (Wildman–Crippen LogP) is 1.76. The van der Waals surface area contributed by atoms with Gasteiger partial charge in [-0.15, -0.1) is 0 Å². The summed E-state index contributed by atoms with van der Waals surface area (Å²) in [6.45, 7) is 1.44. The molecule has 1 atom stereocenters. The van der Waals surface area contributed by atoms with Crippen molar-refractivity contribution in [3.8, 4) is 23.0 Å². The van der Waals surface area contributed by atoms with Crippen LogP contribution in [0.4, 0.5) is 5.82 Å². The largest absolute Gasteiger partial charge is 0.391 e. The third-order valence-electron chi connectivity index (χ3n) is 3.80. The summed E-state index contributed by atoms with van der Waals surface area (Å²) in [6.07, 6.45) is 3.90. The lowest BCUT2D eigenvalue weighted by atomic mass is 10.2. The molecule has 7 heteroatoms. The first kappa shape index (κ1) is 13.8. The molecule has 7 nitrogen and oxygen atoms in total. The van der Waals surface area contributed by atoms with Gasteiger partial charge in [-0.05, 0) is 30.7 Å². The molecule has 1 saturated heterocycles. The highest BCUT2D eigenvalue weighted by Crippen LogP contribution is 2.23. The molecular weight excluding hydrogens is 294 g/mol. The zero-order valence-corrected chi connectivity index (χ0v) is 12.3. The second-order valence-corrected chi connectivity index (χ2v) is 5.43. The molecule has 0 aromatic carbocycles. The van der Waals surface area contributed by atoms with E-state index in [1.54, 1.807) is 12.4 Å². The summed E-state index contributed by atoms with van der Waals surface area (Å²) in [6, 6.07) is 9.33. The summed E-state index contributed by atoms with van der Waals surface area (Å²) in [5.41, 5.74) is 1.42. The topological polar surface area (TPSA) is 88.2 Å². The van der Waals surface area contributed by atoms with Crippen molar-refractivity contribution in [2.45, 2.75) is 12.5 Å². The van der Waals surface area contributed by atoms with Crippen molar-refractivity contribution in [1.82, 2.24) is 20.1 Å². The first-order valence-electron chi connectivity index (χ1n) is 7.44. The number of hydrogen-bond acceptors (Lipinski definition) is 7. The molecule has 1 aliphatic rings. The lowest BCUT2D eigenvalue weighted by molar-refractivity contribution is 0.198. The fourth-order valence-corrected chi connectivity index (χ4v) is 2.59. The van der Waals surface area contributed by atoms with Gasteiger partial charge in [0.05, 0.1) is 11.7 Å². The van der Waals surface area contributed by atoms with Gasteiger partial charge in [-0.25, -0.2) is 4.98 Å². The lowest BCUT2D eigenvalue weighted by Crippen LogP contribution is -2.21. The van der Waals surface area contributed by atoms with Crippen LogP contribution in [0.3, 0.4) is 0 Å². The van der Waals surface area contributed by atoms with Crippen LogP contribution in [0.5, 0.6) is 0 Å². The molecular formula is C16H15N5O2. The van der Waals surface area contributed by atoms with E-state index in [1.165, 1.54) is 0 Å². The van der Waals surface area contributed by atoms with Crippen molar-refractivity contribution in [3.63, 3.8) is 0 Å². The summed E-state index contributed by atoms with van der Waals surface area (Å²) in [5.74, 6) is 1.70. The van der Waals surface area contributed by atoms with E-state index in [-0.39, 0.29) is 6.10 Å². The Morgan fingerprint density at radius 3 is 2.83 bits per heavy atom. The predicted molar refractivity (Wildman–Crippen MR) is 83.6 cm³/mol. The van der Waals surface area contributed by atoms with E-state index in [2.05, 4.69) is 25.0 Å². The Morgan fingerprint density at radius 1 is 1.17 bits per heavy atom. The van der Waals surface area contributed by atoms with Crippen LogP contribution in [0.25, 0.3) is 23.0 Å². The molecule has 3 aromatic rings. The van der Waals surface area contributed by atoms with Crippen LogP contribution in [-0.2, 0) is 0 Å². The summed E-state index contributed by atoms with van der Waals surface area (Å²) >= 11 is 0. The number of anilines is 1. The fourth-order valence-electron chi connectivity index (χ4n) is 2.59. The Labute approximate surface area is 132 Å². The average Bonchev–Trinajstić information content (AvgIpc) is 3.25. The molecule has 0 aliphatic carbocycles. The highest BCUT2D eigenvalue weighted by molar-refractivity contribution is 5.58. The maximum Gasteiger partial charge on any atom is 0.259 e. The molecule has 0 radical (unpaired) electrons. The van der Waals surface area contributed by atoms with E-state index >= 15 is 0 Å². The normalized spacial score (nSPS) is 17.6. The Morgan fingerprint density at radius 2 is 2.13 bits per heavy atom. The third-order valence-corrected chi connectivity index (χ3v) is 3.80. The summed E-state index contributed by atoms with van der Waals surface area (Å²) in [4.78, 5) is 15.0. The van der Waals surface area contributed by atoms with Gasteiger partial charge in [0.1, 0.15) is 11.5 Å². The minimum atomic E-state index is -0.270. The number of nitrogens with zero attached hydrogens (tertiary/aromatic N) is 5. The average molecular weight is 309 g/mol. The van der Waals surface area contributed by atoms with Gasteiger partial charge in [0.2, 0.25) is 5.82 Å². The van der Waals surface area contributed by atoms with Gasteiger partial charge >= 0.3 is 0 Å². The summed E-state index contributed by atoms with van der Waals surface area (Å²) in [7, 11) is 0. The van der Waals surface area contributed by atoms with Crippen LogP contribution in [-0.4, -0.2) is 44.4 Å². The number of hydrogen-bond donors (Lipinski definition) is 1. The highest BCUT2D eigenvalue weighted by Gasteiger charge is 2.21. The Hall–Kier alpha value is -2.80. The Bertz CT molecular complexity index is 788. The van der Waals surface area contributed by atoms with E-state index < -0.39 is 0 Å². The Kier molecular flexibility index (Phi) is 3.47. The van der Waals surface area contributed by atoms with E-state index in [1.807, 2.05) is 30.3 Å². The van der Waals surface area contributed by atoms with Crippen molar-refractivity contribution < 1.29 is 9.63 Å². The monoisotopic (exact) mass is 309 g/mol. The van der Waals surface area contributed by atoms with E-state index in [0.717, 1.165) is 24.3 Å². The van der Waals surface area contributed by atoms with Crippen LogP contribution in [0.1, 0.15) is 6.42 Å². The van der Waals surface area contributed by atoms with Gasteiger partial charge in [-0.2, -0.15) is 4.98 Å². The molecule has 1 fully saturated rings. The van der Waals surface area contributed by atoms with Gasteiger partial charge < -0.3 is 14.5 Å². The standard InChI is InChI=1S/C16H15N5O2/c22-12-6-8-21(10-12)14-5-4-11(9-18-14)16-19-15(20-23-16)13-3-1-2-7-17-13/h1-5,7,9,12,22H,6,8,10H2. The van der Waals surface area contributed by atoms with Crippen molar-refractivity contribution in [1.29, 1.82) is 0 Å². The maximum absolute atomic E-state index is 9.60. The van der Waals surface area contributed by atoms with E-state index in [0.29, 0.717) is 24.0 Å². The lowest BCUT2D eigenvalue weighted by Gasteiger charge is -2.16. The zero-order valence-electron chi connectivity index (χ0n) is 12.3. The molecule has 0 bridgehead atoms. The number of aromatic nitrogens is 4. The molecule has 0 saturated carbocycles. The van der Waals surface area contributed by atoms with Crippen LogP contribution in [0.2, 0.25) is 0 Å². The maximum atomic E-state index is 9.60. The first-order chi connectivity index (χ1) is 11.3. The van der Waals surface area contributed by atoms with Crippen molar-refractivity contribution in [2.75, 3.05) is 18.0 Å². The van der Waals surface area contributed by atoms with Crippen LogP contribution in [0.15, 0.2) is 47.2 Å². The molecule has 1 unspecified atom stereocenters. The molecule has 4 rings (SSSR count). The van der Waals surface area contributed by atoms with E-state index in [9.17, 15) is 5.11 Å². The molecule has 0 amide bonds. The van der Waals surface area contributed by atoms with Crippen molar-refractivity contribution >= 4 is 5.82 Å². The SMILES string of the molecule is OC1CCN(c2ccc(-c3nc(-c4ccccn4)no3)cn2)C1. The molecule has 3 aromatic heterocycles. The molecule has 1 N–H and O–H groups in total. The van der Waals surface area contributed by atoms with Crippen LogP contribution >= 0.6 is 0 Å². The zero-order chi connectivity index (χ0) is 15.6. The second kappa shape index (κ2) is 5.77. The van der Waals surface area contributed by atoms with Gasteiger partial charge in [-0.3, -0.25) is 4.98 Å². The Balaban J connectivity index is 1.56. The molecule has 4 heterocycles. The molecule has 1 aliphatic heterocycles. The summed E-state index contributed by atoms with van der Waals surface area (Å²) in [5, 5.41) is 13.5. The van der Waals surface area contributed by atoms with Crippen LogP contribution < -0.4 is 4.90 Å². The van der Waals surface area contributed by atoms with Crippen molar-refractivity contribution in [3.05, 3.63) is 42.7 Å². The minimum Gasteiger partial charge on any atom is -0.391 e. The fraction of sp³-hybridized carbons (Fsp3) is 0.250. The quantitative estimate of drug-likeness (QED) is 0.788. The first-order valence-corrected chi connectivity index (χ1v) is 7.44. The van der Waals surface area contributed by atoms with Crippen molar-refractivity contribution in [2.24, 2.45) is 0 Å². The molecule has 0 spiro atoms. The van der Waals surface area contributed by atoms with Crippen LogP contribution in [0, 0.1) is 0 Å². The number of β-amino-alcohol motifs (C(OH)–C–C–N with tert-alkyl or cyclic N) is 1. The second-order valence-electron chi connectivity index (χ2n) is 5.43. The van der Waals surface area contributed by atoms with Gasteiger partial charge in [0, 0.05) is 25.5 Å².